The summed E-state index contributed by atoms with van der Waals surface area (Å²) in [7, 11) is 0. The molecule has 1 heterocycles. The molecule has 0 aliphatic heterocycles. The van der Waals surface area contributed by atoms with Gasteiger partial charge in [0.15, 0.2) is 0 Å². The third-order valence-corrected chi connectivity index (χ3v) is 4.26. The number of fused-ring (bicyclic) bond motifs is 1. The fourth-order valence-corrected chi connectivity index (χ4v) is 2.62. The molecule has 0 saturated carbocycles. The largest absolute Gasteiger partial charge is 0.321 e. The van der Waals surface area contributed by atoms with Crippen molar-refractivity contribution in [2.75, 3.05) is 0 Å². The van der Waals surface area contributed by atoms with Crippen molar-refractivity contribution < 1.29 is 4.39 Å². The summed E-state index contributed by atoms with van der Waals surface area (Å²) >= 11 is 6.26. The number of aromatic nitrogens is 2. The highest BCUT2D eigenvalue weighted by Crippen LogP contribution is 2.34. The zero-order valence-electron chi connectivity index (χ0n) is 11.9. The molecule has 2 nitrogen and oxygen atoms in total. The maximum atomic E-state index is 13.4. The molecule has 0 spiro atoms. The number of hydrogen-bond donors (Lipinski definition) is 0. The van der Waals surface area contributed by atoms with Gasteiger partial charge in [-0.15, -0.1) is 11.6 Å². The minimum atomic E-state index is -0.263. The quantitative estimate of drug-likeness (QED) is 0.721. The van der Waals surface area contributed by atoms with Gasteiger partial charge in [0.25, 0.3) is 0 Å². The Hall–Kier alpha value is -1.09. The first kappa shape index (κ1) is 14.3. The summed E-state index contributed by atoms with van der Waals surface area (Å²) in [5, 5.41) is -0.201. The Labute approximate surface area is 118 Å². The van der Waals surface area contributed by atoms with Crippen LogP contribution in [0.1, 0.15) is 51.7 Å². The van der Waals surface area contributed by atoms with Crippen LogP contribution in [0.3, 0.4) is 0 Å². The van der Waals surface area contributed by atoms with Gasteiger partial charge in [-0.25, -0.2) is 9.37 Å². The molecule has 0 bridgehead atoms. The third kappa shape index (κ3) is 2.36. The molecule has 0 fully saturated rings. The Kier molecular flexibility index (Phi) is 3.86. The second kappa shape index (κ2) is 5.12. The molecule has 2 rings (SSSR count). The topological polar surface area (TPSA) is 17.8 Å². The number of alkyl halides is 1. The molecule has 0 aliphatic carbocycles. The average Bonchev–Trinajstić information content (AvgIpc) is 2.77. The van der Waals surface area contributed by atoms with Crippen LogP contribution in [0.4, 0.5) is 4.39 Å². The van der Waals surface area contributed by atoms with Gasteiger partial charge >= 0.3 is 0 Å². The fourth-order valence-electron chi connectivity index (χ4n) is 2.47. The molecule has 0 amide bonds. The number of halogens is 2. The van der Waals surface area contributed by atoms with Crippen molar-refractivity contribution in [1.29, 1.82) is 0 Å². The van der Waals surface area contributed by atoms with E-state index >= 15 is 0 Å². The molecule has 104 valence electrons. The van der Waals surface area contributed by atoms with Crippen LogP contribution in [-0.4, -0.2) is 9.55 Å². The maximum Gasteiger partial charge on any atom is 0.128 e. The number of benzene rings is 1. The number of rotatable bonds is 4. The molecule has 1 aromatic carbocycles. The molecule has 1 atom stereocenters. The minimum Gasteiger partial charge on any atom is -0.321 e. The van der Waals surface area contributed by atoms with Gasteiger partial charge in [0.2, 0.25) is 0 Å². The molecule has 1 unspecified atom stereocenters. The molecule has 0 N–H and O–H groups in total. The summed E-state index contributed by atoms with van der Waals surface area (Å²) in [5.41, 5.74) is 1.58. The smallest absolute Gasteiger partial charge is 0.128 e. The average molecular weight is 283 g/mol. The molecule has 0 aliphatic rings. The summed E-state index contributed by atoms with van der Waals surface area (Å²) in [6.45, 7) is 8.41. The normalized spacial score (nSPS) is 14.0. The lowest BCUT2D eigenvalue weighted by molar-refractivity contribution is 0.293. The summed E-state index contributed by atoms with van der Waals surface area (Å²) in [4.78, 5) is 4.53. The van der Waals surface area contributed by atoms with Crippen LogP contribution < -0.4 is 0 Å². The van der Waals surface area contributed by atoms with E-state index in [-0.39, 0.29) is 16.7 Å². The fraction of sp³-hybridized carbons (Fsp3) is 0.533. The highest BCUT2D eigenvalue weighted by atomic mass is 35.5. The van der Waals surface area contributed by atoms with Gasteiger partial charge in [0, 0.05) is 11.6 Å². The maximum absolute atomic E-state index is 13.4. The van der Waals surface area contributed by atoms with E-state index in [1.807, 2.05) is 6.92 Å². The standard InChI is InChI=1S/C15H20ClFN2/c1-5-15(4,6-2)19-13-8-7-11(17)9-12(13)18-14(19)10(3)16/h7-10H,5-6H2,1-4H3. The van der Waals surface area contributed by atoms with Crippen LogP contribution in [-0.2, 0) is 5.54 Å². The van der Waals surface area contributed by atoms with Gasteiger partial charge in [0.05, 0.1) is 16.4 Å². The van der Waals surface area contributed by atoms with Crippen molar-refractivity contribution in [3.8, 4) is 0 Å². The van der Waals surface area contributed by atoms with E-state index < -0.39 is 0 Å². The Morgan fingerprint density at radius 2 is 2.00 bits per heavy atom. The van der Waals surface area contributed by atoms with Gasteiger partial charge in [-0.05, 0) is 38.8 Å². The second-order valence-electron chi connectivity index (χ2n) is 5.26. The first-order valence-corrected chi connectivity index (χ1v) is 7.19. The van der Waals surface area contributed by atoms with E-state index in [0.717, 1.165) is 24.2 Å². The van der Waals surface area contributed by atoms with E-state index in [2.05, 4.69) is 30.3 Å². The lowest BCUT2D eigenvalue weighted by Crippen LogP contribution is -2.30. The van der Waals surface area contributed by atoms with Crippen LogP contribution in [0.2, 0.25) is 0 Å². The van der Waals surface area contributed by atoms with E-state index in [9.17, 15) is 4.39 Å². The highest BCUT2D eigenvalue weighted by Gasteiger charge is 2.28. The molecule has 2 aromatic rings. The Morgan fingerprint density at radius 1 is 1.37 bits per heavy atom. The van der Waals surface area contributed by atoms with Crippen molar-refractivity contribution >= 4 is 22.6 Å². The predicted molar refractivity (Wildman–Crippen MR) is 78.2 cm³/mol. The zero-order valence-corrected chi connectivity index (χ0v) is 12.6. The van der Waals surface area contributed by atoms with Crippen LogP contribution in [0.25, 0.3) is 11.0 Å². The molecule has 0 saturated heterocycles. The van der Waals surface area contributed by atoms with Crippen molar-refractivity contribution in [3.63, 3.8) is 0 Å². The van der Waals surface area contributed by atoms with E-state index in [1.54, 1.807) is 6.07 Å². The molecule has 0 radical (unpaired) electrons. The minimum absolute atomic E-state index is 0.0505. The van der Waals surface area contributed by atoms with Gasteiger partial charge < -0.3 is 4.57 Å². The van der Waals surface area contributed by atoms with Crippen LogP contribution in [0, 0.1) is 5.82 Å². The van der Waals surface area contributed by atoms with Gasteiger partial charge in [-0.2, -0.15) is 0 Å². The van der Waals surface area contributed by atoms with E-state index in [0.29, 0.717) is 5.52 Å². The SMILES string of the molecule is CCC(C)(CC)n1c(C(C)Cl)nc2cc(F)ccc21. The number of nitrogens with zero attached hydrogens (tertiary/aromatic N) is 2. The number of imidazole rings is 1. The van der Waals surface area contributed by atoms with E-state index in [1.165, 1.54) is 12.1 Å². The summed E-state index contributed by atoms with van der Waals surface area (Å²) in [6.07, 6.45) is 1.95. The third-order valence-electron chi connectivity index (χ3n) is 4.06. The molecule has 4 heteroatoms. The molecule has 19 heavy (non-hydrogen) atoms. The first-order chi connectivity index (χ1) is 8.92. The van der Waals surface area contributed by atoms with Crippen molar-refractivity contribution in [2.45, 2.75) is 51.5 Å². The monoisotopic (exact) mass is 282 g/mol. The molecular weight excluding hydrogens is 263 g/mol. The Morgan fingerprint density at radius 3 is 2.53 bits per heavy atom. The lowest BCUT2D eigenvalue weighted by Gasteiger charge is -2.32. The molecule has 1 aromatic heterocycles. The van der Waals surface area contributed by atoms with Gasteiger partial charge in [-0.1, -0.05) is 13.8 Å². The van der Waals surface area contributed by atoms with Crippen LogP contribution in [0.15, 0.2) is 18.2 Å². The lowest BCUT2D eigenvalue weighted by atomic mass is 9.94. The van der Waals surface area contributed by atoms with Crippen molar-refractivity contribution in [3.05, 3.63) is 29.8 Å². The van der Waals surface area contributed by atoms with Gasteiger partial charge in [-0.3, -0.25) is 0 Å². The number of hydrogen-bond acceptors (Lipinski definition) is 1. The van der Waals surface area contributed by atoms with Crippen LogP contribution in [0.5, 0.6) is 0 Å². The first-order valence-electron chi connectivity index (χ1n) is 6.75. The highest BCUT2D eigenvalue weighted by molar-refractivity contribution is 6.20. The zero-order chi connectivity index (χ0) is 14.2. The molecular formula is C15H20ClFN2. The van der Waals surface area contributed by atoms with Gasteiger partial charge in [0.1, 0.15) is 11.6 Å². The Balaban J connectivity index is 2.79. The van der Waals surface area contributed by atoms with Crippen LogP contribution >= 0.6 is 11.6 Å². The summed E-state index contributed by atoms with van der Waals surface area (Å²) in [6, 6.07) is 4.75. The van der Waals surface area contributed by atoms with E-state index in [4.69, 9.17) is 11.6 Å². The predicted octanol–water partition coefficient (Wildman–Crippen LogP) is 5.01. The van der Waals surface area contributed by atoms with Crippen molar-refractivity contribution in [2.24, 2.45) is 0 Å². The Bertz CT molecular complexity index is 585. The summed E-state index contributed by atoms with van der Waals surface area (Å²) < 4.78 is 15.5. The summed E-state index contributed by atoms with van der Waals surface area (Å²) in [5.74, 6) is 0.550. The van der Waals surface area contributed by atoms with Crippen molar-refractivity contribution in [1.82, 2.24) is 9.55 Å². The second-order valence-corrected chi connectivity index (χ2v) is 5.91.